The minimum absolute atomic E-state index is 0.209. The van der Waals surface area contributed by atoms with Gasteiger partial charge in [0, 0.05) is 15.6 Å². The molecular weight excluding hydrogens is 325 g/mol. The van der Waals surface area contributed by atoms with Crippen LogP contribution in [0.15, 0.2) is 30.3 Å². The van der Waals surface area contributed by atoms with Gasteiger partial charge in [-0.3, -0.25) is 0 Å². The number of benzene rings is 2. The third kappa shape index (κ3) is 3.62. The summed E-state index contributed by atoms with van der Waals surface area (Å²) < 4.78 is 32.4. The first kappa shape index (κ1) is 15.5. The molecule has 0 amide bonds. The molecule has 2 aromatic carbocycles. The maximum Gasteiger partial charge on any atom is 0.335 e. The fourth-order valence-electron chi connectivity index (χ4n) is 1.63. The van der Waals surface area contributed by atoms with Gasteiger partial charge in [0.2, 0.25) is 0 Å². The Labute approximate surface area is 128 Å². The van der Waals surface area contributed by atoms with Gasteiger partial charge in [-0.05, 0) is 30.3 Å². The van der Waals surface area contributed by atoms with E-state index in [9.17, 15) is 13.6 Å². The van der Waals surface area contributed by atoms with Gasteiger partial charge in [0.15, 0.2) is 17.4 Å². The Bertz CT molecular complexity index is 682. The number of carboxylic acid groups (broad SMARTS) is 1. The highest BCUT2D eigenvalue weighted by atomic mass is 35.5. The molecule has 0 saturated heterocycles. The summed E-state index contributed by atoms with van der Waals surface area (Å²) in [7, 11) is 0. The molecule has 21 heavy (non-hydrogen) atoms. The van der Waals surface area contributed by atoms with Gasteiger partial charge in [-0.15, -0.1) is 0 Å². The van der Waals surface area contributed by atoms with Crippen molar-refractivity contribution in [2.75, 3.05) is 0 Å². The molecule has 2 rings (SSSR count). The summed E-state index contributed by atoms with van der Waals surface area (Å²) in [4.78, 5) is 10.7. The van der Waals surface area contributed by atoms with E-state index in [2.05, 4.69) is 0 Å². The monoisotopic (exact) mass is 332 g/mol. The lowest BCUT2D eigenvalue weighted by molar-refractivity contribution is 0.0695. The fraction of sp³-hybridized carbons (Fsp3) is 0.0714. The van der Waals surface area contributed by atoms with Gasteiger partial charge in [0.1, 0.15) is 6.61 Å². The first-order chi connectivity index (χ1) is 9.88. The standard InChI is InChI=1S/C14H8Cl2F2O3/c15-9-1-2-10(16)8(3-9)6-21-13-11(17)4-7(14(19)20)5-12(13)18/h1-5H,6H2,(H,19,20). The average Bonchev–Trinajstić information content (AvgIpc) is 2.41. The Balaban J connectivity index is 2.24. The first-order valence-corrected chi connectivity index (χ1v) is 6.43. The van der Waals surface area contributed by atoms with Crippen LogP contribution < -0.4 is 4.74 Å². The minimum atomic E-state index is -1.43. The van der Waals surface area contributed by atoms with Crippen molar-refractivity contribution in [2.45, 2.75) is 6.61 Å². The highest BCUT2D eigenvalue weighted by molar-refractivity contribution is 6.33. The van der Waals surface area contributed by atoms with Crippen molar-refractivity contribution in [2.24, 2.45) is 0 Å². The van der Waals surface area contributed by atoms with Gasteiger partial charge in [-0.2, -0.15) is 0 Å². The number of rotatable bonds is 4. The molecular formula is C14H8Cl2F2O3. The Kier molecular flexibility index (Phi) is 4.65. The molecule has 0 spiro atoms. The number of halogens is 4. The molecule has 7 heteroatoms. The maximum absolute atomic E-state index is 13.7. The van der Waals surface area contributed by atoms with Crippen LogP contribution in [-0.4, -0.2) is 11.1 Å². The molecule has 0 aliphatic rings. The van der Waals surface area contributed by atoms with E-state index < -0.39 is 28.9 Å². The van der Waals surface area contributed by atoms with E-state index >= 15 is 0 Å². The molecule has 0 atom stereocenters. The number of hydrogen-bond donors (Lipinski definition) is 1. The molecule has 2 aromatic rings. The van der Waals surface area contributed by atoms with Crippen molar-refractivity contribution in [3.05, 3.63) is 63.1 Å². The molecule has 0 aliphatic heterocycles. The second-order valence-electron chi connectivity index (χ2n) is 4.10. The van der Waals surface area contributed by atoms with Gasteiger partial charge < -0.3 is 9.84 Å². The van der Waals surface area contributed by atoms with Gasteiger partial charge in [-0.25, -0.2) is 13.6 Å². The Morgan fingerprint density at radius 2 is 1.76 bits per heavy atom. The van der Waals surface area contributed by atoms with Crippen LogP contribution in [0.4, 0.5) is 8.78 Å². The molecule has 1 N–H and O–H groups in total. The second kappa shape index (κ2) is 6.28. The molecule has 0 aliphatic carbocycles. The van der Waals surface area contributed by atoms with Crippen molar-refractivity contribution >= 4 is 29.2 Å². The first-order valence-electron chi connectivity index (χ1n) is 5.67. The van der Waals surface area contributed by atoms with Gasteiger partial charge in [0.25, 0.3) is 0 Å². The molecule has 0 saturated carbocycles. The van der Waals surface area contributed by atoms with Gasteiger partial charge in [-0.1, -0.05) is 23.2 Å². The quantitative estimate of drug-likeness (QED) is 0.893. The van der Waals surface area contributed by atoms with E-state index in [0.717, 1.165) is 0 Å². The number of aromatic carboxylic acids is 1. The number of carbonyl (C=O) groups is 1. The zero-order valence-corrected chi connectivity index (χ0v) is 11.9. The normalized spacial score (nSPS) is 10.5. The molecule has 3 nitrogen and oxygen atoms in total. The predicted molar refractivity (Wildman–Crippen MR) is 74.1 cm³/mol. The van der Waals surface area contributed by atoms with E-state index in [-0.39, 0.29) is 6.61 Å². The van der Waals surface area contributed by atoms with E-state index in [4.69, 9.17) is 33.0 Å². The summed E-state index contributed by atoms with van der Waals surface area (Å²) in [5, 5.41) is 9.43. The van der Waals surface area contributed by atoms with E-state index in [1.54, 1.807) is 6.07 Å². The summed E-state index contributed by atoms with van der Waals surface area (Å²) in [5.74, 6) is -4.32. The van der Waals surface area contributed by atoms with E-state index in [1.807, 2.05) is 0 Å². The summed E-state index contributed by atoms with van der Waals surface area (Å²) >= 11 is 11.7. The predicted octanol–water partition coefficient (Wildman–Crippen LogP) is 4.55. The fourth-order valence-corrected chi connectivity index (χ4v) is 1.99. The molecule has 0 heterocycles. The van der Waals surface area contributed by atoms with E-state index in [0.29, 0.717) is 27.7 Å². The Morgan fingerprint density at radius 1 is 1.14 bits per heavy atom. The van der Waals surface area contributed by atoms with Crippen LogP contribution in [0.25, 0.3) is 0 Å². The van der Waals surface area contributed by atoms with Crippen molar-refractivity contribution in [1.29, 1.82) is 0 Å². The third-order valence-electron chi connectivity index (χ3n) is 2.63. The molecule has 0 aromatic heterocycles. The van der Waals surface area contributed by atoms with Crippen LogP contribution >= 0.6 is 23.2 Å². The third-order valence-corrected chi connectivity index (χ3v) is 3.23. The van der Waals surface area contributed by atoms with Crippen LogP contribution in [0.5, 0.6) is 5.75 Å². The Hall–Kier alpha value is -1.85. The summed E-state index contributed by atoms with van der Waals surface area (Å²) in [5.41, 5.74) is -0.0524. The number of carboxylic acids is 1. The molecule has 0 bridgehead atoms. The van der Waals surface area contributed by atoms with Crippen molar-refractivity contribution in [1.82, 2.24) is 0 Å². The average molecular weight is 333 g/mol. The van der Waals surface area contributed by atoms with Crippen molar-refractivity contribution in [3.63, 3.8) is 0 Å². The zero-order chi connectivity index (χ0) is 15.6. The lowest BCUT2D eigenvalue weighted by Crippen LogP contribution is -2.04. The van der Waals surface area contributed by atoms with Gasteiger partial charge in [0.05, 0.1) is 5.56 Å². The lowest BCUT2D eigenvalue weighted by atomic mass is 10.2. The minimum Gasteiger partial charge on any atom is -0.483 e. The SMILES string of the molecule is O=C(O)c1cc(F)c(OCc2cc(Cl)ccc2Cl)c(F)c1. The molecule has 110 valence electrons. The van der Waals surface area contributed by atoms with Crippen LogP contribution in [0.2, 0.25) is 10.0 Å². The van der Waals surface area contributed by atoms with Gasteiger partial charge >= 0.3 is 5.97 Å². The largest absolute Gasteiger partial charge is 0.483 e. The topological polar surface area (TPSA) is 46.5 Å². The molecule has 0 radical (unpaired) electrons. The summed E-state index contributed by atoms with van der Waals surface area (Å²) in [6.45, 7) is -0.209. The van der Waals surface area contributed by atoms with Crippen molar-refractivity contribution in [3.8, 4) is 5.75 Å². The highest BCUT2D eigenvalue weighted by Crippen LogP contribution is 2.27. The zero-order valence-electron chi connectivity index (χ0n) is 10.4. The highest BCUT2D eigenvalue weighted by Gasteiger charge is 2.16. The Morgan fingerprint density at radius 3 is 2.33 bits per heavy atom. The summed E-state index contributed by atoms with van der Waals surface area (Å²) in [6, 6.07) is 5.96. The molecule has 0 fully saturated rings. The second-order valence-corrected chi connectivity index (χ2v) is 4.94. The lowest BCUT2D eigenvalue weighted by Gasteiger charge is -2.10. The van der Waals surface area contributed by atoms with Crippen LogP contribution in [0, 0.1) is 11.6 Å². The maximum atomic E-state index is 13.7. The van der Waals surface area contributed by atoms with Crippen LogP contribution in [0.3, 0.4) is 0 Å². The molecule has 0 unspecified atom stereocenters. The smallest absolute Gasteiger partial charge is 0.335 e. The van der Waals surface area contributed by atoms with E-state index in [1.165, 1.54) is 12.1 Å². The number of ether oxygens (including phenoxy) is 1. The van der Waals surface area contributed by atoms with Crippen LogP contribution in [0.1, 0.15) is 15.9 Å². The summed E-state index contributed by atoms with van der Waals surface area (Å²) in [6.07, 6.45) is 0. The van der Waals surface area contributed by atoms with Crippen LogP contribution in [-0.2, 0) is 6.61 Å². The number of hydrogen-bond acceptors (Lipinski definition) is 2. The van der Waals surface area contributed by atoms with Crippen molar-refractivity contribution < 1.29 is 23.4 Å².